The maximum absolute atomic E-state index is 12.5. The number of nitrogens with one attached hydrogen (secondary N) is 1. The minimum atomic E-state index is -0.0317. The third kappa shape index (κ3) is 3.16. The van der Waals surface area contributed by atoms with E-state index in [2.05, 4.69) is 41.1 Å². The molecule has 0 saturated carbocycles. The Morgan fingerprint density at radius 2 is 2.15 bits per heavy atom. The molecule has 5 heteroatoms. The van der Waals surface area contributed by atoms with Crippen LogP contribution in [0.5, 0.6) is 0 Å². The van der Waals surface area contributed by atoms with Crippen LogP contribution in [0, 0.1) is 5.92 Å². The summed E-state index contributed by atoms with van der Waals surface area (Å²) in [5.41, 5.74) is 5.37. The Morgan fingerprint density at radius 1 is 1.31 bits per heavy atom. The Bertz CT molecular complexity index is 870. The van der Waals surface area contributed by atoms with E-state index < -0.39 is 0 Å². The van der Waals surface area contributed by atoms with Crippen LogP contribution in [-0.4, -0.2) is 15.9 Å². The molecule has 0 bridgehead atoms. The van der Waals surface area contributed by atoms with Crippen LogP contribution in [0.25, 0.3) is 11.3 Å². The van der Waals surface area contributed by atoms with Crippen LogP contribution >= 0.6 is 11.8 Å². The van der Waals surface area contributed by atoms with Crippen LogP contribution in [-0.2, 0) is 17.6 Å². The third-order valence-electron chi connectivity index (χ3n) is 5.19. The summed E-state index contributed by atoms with van der Waals surface area (Å²) < 4.78 is 0. The van der Waals surface area contributed by atoms with Crippen molar-refractivity contribution in [1.82, 2.24) is 9.97 Å². The molecule has 134 valence electrons. The Kier molecular flexibility index (Phi) is 4.81. The van der Waals surface area contributed by atoms with Gasteiger partial charge in [0.15, 0.2) is 5.82 Å². The minimum Gasteiger partial charge on any atom is -0.309 e. The second-order valence-corrected chi connectivity index (χ2v) is 8.05. The molecule has 1 amide bonds. The summed E-state index contributed by atoms with van der Waals surface area (Å²) in [5.74, 6) is 0.639. The van der Waals surface area contributed by atoms with Crippen LogP contribution in [0.2, 0.25) is 0 Å². The first kappa shape index (κ1) is 17.3. The molecular weight excluding hydrogens is 342 g/mol. The van der Waals surface area contributed by atoms with E-state index in [1.165, 1.54) is 11.1 Å². The summed E-state index contributed by atoms with van der Waals surface area (Å²) in [7, 11) is 0. The van der Waals surface area contributed by atoms with E-state index in [1.807, 2.05) is 13.8 Å². The zero-order valence-electron chi connectivity index (χ0n) is 15.2. The highest BCUT2D eigenvalue weighted by Crippen LogP contribution is 2.42. The van der Waals surface area contributed by atoms with E-state index in [1.54, 1.807) is 11.8 Å². The first-order valence-corrected chi connectivity index (χ1v) is 10.2. The zero-order chi connectivity index (χ0) is 18.1. The van der Waals surface area contributed by atoms with Gasteiger partial charge < -0.3 is 5.32 Å². The standard InChI is InChI=1S/C21H23N3OS/c1-3-13(2)21(25)24-20-19(17-9-6-12-26-17)23-18-15-8-5-4-7-14(15)10-11-16(18)22-20/h4-8,12-13,17H,3,9-11H2,1-2H3,(H,22,24,25). The van der Waals surface area contributed by atoms with Crippen molar-refractivity contribution in [3.63, 3.8) is 0 Å². The topological polar surface area (TPSA) is 54.9 Å². The Labute approximate surface area is 158 Å². The van der Waals surface area contributed by atoms with Crippen molar-refractivity contribution in [3.8, 4) is 11.3 Å². The molecule has 2 heterocycles. The Hall–Kier alpha value is -2.14. The number of thioether (sulfide) groups is 1. The smallest absolute Gasteiger partial charge is 0.228 e. The van der Waals surface area contributed by atoms with Gasteiger partial charge in [-0.1, -0.05) is 44.2 Å². The van der Waals surface area contributed by atoms with Crippen LogP contribution in [0.1, 0.15) is 48.9 Å². The van der Waals surface area contributed by atoms with Gasteiger partial charge in [0.2, 0.25) is 5.91 Å². The molecule has 0 saturated heterocycles. The largest absolute Gasteiger partial charge is 0.309 e. The van der Waals surface area contributed by atoms with Crippen LogP contribution < -0.4 is 5.32 Å². The quantitative estimate of drug-likeness (QED) is 0.836. The summed E-state index contributed by atoms with van der Waals surface area (Å²) in [5, 5.41) is 5.39. The molecule has 1 aliphatic carbocycles. The summed E-state index contributed by atoms with van der Waals surface area (Å²) in [6.07, 6.45) is 5.72. The molecule has 2 unspecified atom stereocenters. The van der Waals surface area contributed by atoms with E-state index >= 15 is 0 Å². The fraction of sp³-hybridized carbons (Fsp3) is 0.381. The van der Waals surface area contributed by atoms with Gasteiger partial charge in [-0.15, -0.1) is 11.8 Å². The average Bonchev–Trinajstić information content (AvgIpc) is 3.21. The van der Waals surface area contributed by atoms with E-state index in [4.69, 9.17) is 9.97 Å². The number of hydrogen-bond acceptors (Lipinski definition) is 4. The van der Waals surface area contributed by atoms with Gasteiger partial charge in [-0.2, -0.15) is 0 Å². The van der Waals surface area contributed by atoms with E-state index in [0.717, 1.165) is 42.8 Å². The molecule has 26 heavy (non-hydrogen) atoms. The van der Waals surface area contributed by atoms with Crippen molar-refractivity contribution in [2.45, 2.75) is 44.8 Å². The molecule has 1 aliphatic heterocycles. The summed E-state index contributed by atoms with van der Waals surface area (Å²) in [6, 6.07) is 8.43. The van der Waals surface area contributed by atoms with Gasteiger partial charge in [-0.25, -0.2) is 9.97 Å². The number of carbonyl (C=O) groups is 1. The van der Waals surface area contributed by atoms with Crippen LogP contribution in [0.4, 0.5) is 5.82 Å². The van der Waals surface area contributed by atoms with Crippen molar-refractivity contribution in [3.05, 3.63) is 52.7 Å². The second-order valence-electron chi connectivity index (χ2n) is 6.94. The van der Waals surface area contributed by atoms with Gasteiger partial charge in [0.1, 0.15) is 0 Å². The number of anilines is 1. The first-order valence-electron chi connectivity index (χ1n) is 9.27. The molecule has 2 aliphatic rings. The van der Waals surface area contributed by atoms with Crippen molar-refractivity contribution in [1.29, 1.82) is 0 Å². The molecule has 4 nitrogen and oxygen atoms in total. The lowest BCUT2D eigenvalue weighted by Gasteiger charge is -2.23. The number of carbonyl (C=O) groups excluding carboxylic acids is 1. The number of amides is 1. The lowest BCUT2D eigenvalue weighted by molar-refractivity contribution is -0.119. The molecule has 0 radical (unpaired) electrons. The number of fused-ring (bicyclic) bond motifs is 3. The zero-order valence-corrected chi connectivity index (χ0v) is 16.0. The number of aryl methyl sites for hydroxylation is 2. The van der Waals surface area contributed by atoms with E-state index in [-0.39, 0.29) is 17.1 Å². The predicted octanol–water partition coefficient (Wildman–Crippen LogP) is 4.92. The molecule has 4 rings (SSSR count). The maximum Gasteiger partial charge on any atom is 0.228 e. The van der Waals surface area contributed by atoms with Gasteiger partial charge in [-0.05, 0) is 36.7 Å². The number of aromatic nitrogens is 2. The maximum atomic E-state index is 12.5. The fourth-order valence-corrected chi connectivity index (χ4v) is 4.33. The molecule has 2 aromatic rings. The third-order valence-corrected chi connectivity index (χ3v) is 6.29. The molecule has 1 aromatic heterocycles. The Morgan fingerprint density at radius 3 is 2.92 bits per heavy atom. The average molecular weight is 366 g/mol. The van der Waals surface area contributed by atoms with Gasteiger partial charge in [0.25, 0.3) is 0 Å². The fourth-order valence-electron chi connectivity index (χ4n) is 3.40. The van der Waals surface area contributed by atoms with Crippen molar-refractivity contribution in [2.24, 2.45) is 5.92 Å². The number of nitrogens with zero attached hydrogens (tertiary/aromatic N) is 2. The summed E-state index contributed by atoms with van der Waals surface area (Å²) >= 11 is 1.75. The van der Waals surface area contributed by atoms with Gasteiger partial charge in [-0.3, -0.25) is 4.79 Å². The highest BCUT2D eigenvalue weighted by molar-refractivity contribution is 8.02. The van der Waals surface area contributed by atoms with Crippen molar-refractivity contribution < 1.29 is 4.79 Å². The molecule has 1 N–H and O–H groups in total. The van der Waals surface area contributed by atoms with Gasteiger partial charge in [0, 0.05) is 11.5 Å². The lowest BCUT2D eigenvalue weighted by Crippen LogP contribution is -2.23. The highest BCUT2D eigenvalue weighted by atomic mass is 32.2. The van der Waals surface area contributed by atoms with Gasteiger partial charge in [0.05, 0.1) is 22.3 Å². The monoisotopic (exact) mass is 365 g/mol. The predicted molar refractivity (Wildman–Crippen MR) is 107 cm³/mol. The summed E-state index contributed by atoms with van der Waals surface area (Å²) in [6.45, 7) is 3.97. The number of benzene rings is 1. The van der Waals surface area contributed by atoms with Gasteiger partial charge >= 0.3 is 0 Å². The normalized spacial score (nSPS) is 18.9. The van der Waals surface area contributed by atoms with E-state index in [9.17, 15) is 4.79 Å². The first-order chi connectivity index (χ1) is 12.7. The number of hydrogen-bond donors (Lipinski definition) is 1. The molecule has 1 aromatic carbocycles. The lowest BCUT2D eigenvalue weighted by atomic mass is 9.91. The van der Waals surface area contributed by atoms with Crippen molar-refractivity contribution >= 4 is 23.5 Å². The second kappa shape index (κ2) is 7.23. The van der Waals surface area contributed by atoms with E-state index in [0.29, 0.717) is 5.82 Å². The molecule has 0 spiro atoms. The van der Waals surface area contributed by atoms with Crippen LogP contribution in [0.15, 0.2) is 35.7 Å². The molecular formula is C21H23N3OS. The van der Waals surface area contributed by atoms with Crippen molar-refractivity contribution in [2.75, 3.05) is 5.32 Å². The van der Waals surface area contributed by atoms with Crippen LogP contribution in [0.3, 0.4) is 0 Å². The number of allylic oxidation sites excluding steroid dienone is 1. The Balaban J connectivity index is 1.78. The highest BCUT2D eigenvalue weighted by Gasteiger charge is 2.27. The minimum absolute atomic E-state index is 0.0233. The summed E-state index contributed by atoms with van der Waals surface area (Å²) in [4.78, 5) is 22.4. The molecule has 2 atom stereocenters. The number of rotatable bonds is 4. The SMILES string of the molecule is CCC(C)C(=O)Nc1nc2c(nc1C1CC=CS1)-c1ccccc1CC2. The molecule has 0 fully saturated rings.